The Kier molecular flexibility index (Phi) is 3.20. The van der Waals surface area contributed by atoms with Crippen LogP contribution in [0.5, 0.6) is 5.75 Å². The number of carbonyl (C=O) groups excluding carboxylic acids is 1. The maximum atomic E-state index is 11.7. The molecule has 0 unspecified atom stereocenters. The van der Waals surface area contributed by atoms with E-state index in [4.69, 9.17) is 0 Å². The zero-order valence-corrected chi connectivity index (χ0v) is 9.68. The minimum atomic E-state index is -0.566. The third kappa shape index (κ3) is 2.43. The van der Waals surface area contributed by atoms with Gasteiger partial charge in [-0.25, -0.2) is 0 Å². The van der Waals surface area contributed by atoms with Crippen LogP contribution in [0, 0.1) is 10.1 Å². The lowest BCUT2D eigenvalue weighted by molar-refractivity contribution is -0.380. The van der Waals surface area contributed by atoms with Gasteiger partial charge in [-0.1, -0.05) is 11.3 Å². The van der Waals surface area contributed by atoms with Gasteiger partial charge >= 0.3 is 5.00 Å². The zero-order chi connectivity index (χ0) is 13.1. The normalized spacial score (nSPS) is 10.0. The number of aromatic nitrogens is 1. The molecule has 0 aliphatic rings. The lowest BCUT2D eigenvalue weighted by Gasteiger charge is -2.04. The van der Waals surface area contributed by atoms with Crippen LogP contribution >= 0.6 is 11.3 Å². The molecule has 0 radical (unpaired) electrons. The number of anilines is 1. The van der Waals surface area contributed by atoms with E-state index in [2.05, 4.69) is 10.3 Å². The molecule has 0 fully saturated rings. The number of hydrogen-bond acceptors (Lipinski definition) is 6. The quantitative estimate of drug-likeness (QED) is 0.652. The molecule has 92 valence electrons. The summed E-state index contributed by atoms with van der Waals surface area (Å²) in [7, 11) is 0. The molecule has 2 aromatic rings. The molecule has 2 N–H and O–H groups in total. The number of rotatable bonds is 3. The van der Waals surface area contributed by atoms with E-state index in [0.29, 0.717) is 0 Å². The number of nitrogens with zero attached hydrogens (tertiary/aromatic N) is 2. The third-order valence-electron chi connectivity index (χ3n) is 2.04. The summed E-state index contributed by atoms with van der Waals surface area (Å²) in [5.41, 5.74) is 0.151. The van der Waals surface area contributed by atoms with E-state index in [1.807, 2.05) is 0 Å². The standard InChI is InChI=1S/C10H7N3O4S/c14-7-3-4-11-5-6(7)12-10(15)8-1-2-9(18-8)13(16)17/h1-5H,(H,11,14)(H,12,15). The molecule has 8 heteroatoms. The highest BCUT2D eigenvalue weighted by Crippen LogP contribution is 2.26. The minimum absolute atomic E-state index is 0.115. The molecule has 0 saturated heterocycles. The van der Waals surface area contributed by atoms with Crippen LogP contribution in [0.15, 0.2) is 30.6 Å². The summed E-state index contributed by atoms with van der Waals surface area (Å²) < 4.78 is 0. The van der Waals surface area contributed by atoms with Gasteiger partial charge in [-0.3, -0.25) is 19.9 Å². The molecule has 0 aromatic carbocycles. The van der Waals surface area contributed by atoms with E-state index in [1.165, 1.54) is 30.6 Å². The van der Waals surface area contributed by atoms with Gasteiger partial charge in [-0.2, -0.15) is 0 Å². The number of thiophene rings is 1. The van der Waals surface area contributed by atoms with E-state index in [9.17, 15) is 20.0 Å². The topological polar surface area (TPSA) is 105 Å². The number of amides is 1. The first-order valence-corrected chi connectivity index (χ1v) is 5.58. The van der Waals surface area contributed by atoms with Crippen LogP contribution in [-0.2, 0) is 0 Å². The van der Waals surface area contributed by atoms with Crippen molar-refractivity contribution in [3.05, 3.63) is 45.6 Å². The van der Waals surface area contributed by atoms with Gasteiger partial charge in [0.15, 0.2) is 0 Å². The molecule has 2 rings (SSSR count). The van der Waals surface area contributed by atoms with E-state index in [-0.39, 0.29) is 21.3 Å². The second kappa shape index (κ2) is 4.80. The predicted molar refractivity (Wildman–Crippen MR) is 64.8 cm³/mol. The van der Waals surface area contributed by atoms with Gasteiger partial charge in [0.1, 0.15) is 11.4 Å². The highest BCUT2D eigenvalue weighted by atomic mass is 32.1. The fraction of sp³-hybridized carbons (Fsp3) is 0. The Labute approximate surface area is 105 Å². The Morgan fingerprint density at radius 1 is 1.44 bits per heavy atom. The van der Waals surface area contributed by atoms with Gasteiger partial charge in [0.25, 0.3) is 5.91 Å². The van der Waals surface area contributed by atoms with E-state index < -0.39 is 10.8 Å². The van der Waals surface area contributed by atoms with Crippen LogP contribution in [0.25, 0.3) is 0 Å². The van der Waals surface area contributed by atoms with Crippen LogP contribution in [0.3, 0.4) is 0 Å². The third-order valence-corrected chi connectivity index (χ3v) is 3.08. The van der Waals surface area contributed by atoms with Crippen LogP contribution < -0.4 is 5.32 Å². The van der Waals surface area contributed by atoms with Gasteiger partial charge in [0.05, 0.1) is 16.0 Å². The summed E-state index contributed by atoms with van der Waals surface area (Å²) in [5, 5.41) is 22.2. The summed E-state index contributed by atoms with van der Waals surface area (Å²) in [5.74, 6) is -0.652. The largest absolute Gasteiger partial charge is 0.506 e. The molecule has 7 nitrogen and oxygen atoms in total. The molecule has 0 saturated carbocycles. The van der Waals surface area contributed by atoms with Crippen molar-refractivity contribution in [3.63, 3.8) is 0 Å². The Hall–Kier alpha value is -2.48. The summed E-state index contributed by atoms with van der Waals surface area (Å²) >= 11 is 0.761. The number of carbonyl (C=O) groups is 1. The van der Waals surface area contributed by atoms with Gasteiger partial charge in [0, 0.05) is 18.3 Å². The molecule has 0 bridgehead atoms. The zero-order valence-electron chi connectivity index (χ0n) is 8.86. The molecule has 0 spiro atoms. The number of nitrogens with one attached hydrogen (secondary N) is 1. The first kappa shape index (κ1) is 12.0. The highest BCUT2D eigenvalue weighted by molar-refractivity contribution is 7.17. The second-order valence-electron chi connectivity index (χ2n) is 3.24. The lowest BCUT2D eigenvalue weighted by atomic mass is 10.3. The number of pyridine rings is 1. The Morgan fingerprint density at radius 3 is 2.83 bits per heavy atom. The summed E-state index contributed by atoms with van der Waals surface area (Å²) in [4.78, 5) is 25.6. The van der Waals surface area contributed by atoms with Crippen molar-refractivity contribution in [1.82, 2.24) is 4.98 Å². The highest BCUT2D eigenvalue weighted by Gasteiger charge is 2.16. The second-order valence-corrected chi connectivity index (χ2v) is 4.30. The number of nitro groups is 1. The maximum absolute atomic E-state index is 11.7. The Bertz CT molecular complexity index is 611. The maximum Gasteiger partial charge on any atom is 0.324 e. The first-order valence-electron chi connectivity index (χ1n) is 4.76. The van der Waals surface area contributed by atoms with Crippen molar-refractivity contribution in [2.24, 2.45) is 0 Å². The fourth-order valence-electron chi connectivity index (χ4n) is 1.22. The summed E-state index contributed by atoms with van der Waals surface area (Å²) in [6.45, 7) is 0. The molecule has 2 heterocycles. The van der Waals surface area contributed by atoms with E-state index >= 15 is 0 Å². The van der Waals surface area contributed by atoms with Crippen LogP contribution in [0.4, 0.5) is 10.7 Å². The predicted octanol–water partition coefficient (Wildman–Crippen LogP) is 2.01. The number of aromatic hydroxyl groups is 1. The summed E-state index contributed by atoms with van der Waals surface area (Å²) in [6, 6.07) is 3.93. The average Bonchev–Trinajstić information content (AvgIpc) is 2.81. The molecule has 18 heavy (non-hydrogen) atoms. The van der Waals surface area contributed by atoms with Crippen molar-refractivity contribution in [1.29, 1.82) is 0 Å². The van der Waals surface area contributed by atoms with Crippen LogP contribution in [0.1, 0.15) is 9.67 Å². The average molecular weight is 265 g/mol. The smallest absolute Gasteiger partial charge is 0.324 e. The molecule has 0 aliphatic carbocycles. The molecular weight excluding hydrogens is 258 g/mol. The molecule has 1 amide bonds. The minimum Gasteiger partial charge on any atom is -0.506 e. The van der Waals surface area contributed by atoms with Crippen molar-refractivity contribution in [2.75, 3.05) is 5.32 Å². The lowest BCUT2D eigenvalue weighted by Crippen LogP contribution is -2.10. The van der Waals surface area contributed by atoms with Crippen LogP contribution in [-0.4, -0.2) is 20.9 Å². The first-order chi connectivity index (χ1) is 8.58. The van der Waals surface area contributed by atoms with Crippen molar-refractivity contribution in [3.8, 4) is 5.75 Å². The Balaban J connectivity index is 2.17. The summed E-state index contributed by atoms with van der Waals surface area (Å²) in [6.07, 6.45) is 2.66. The van der Waals surface area contributed by atoms with E-state index in [1.54, 1.807) is 0 Å². The fourth-order valence-corrected chi connectivity index (χ4v) is 1.93. The Morgan fingerprint density at radius 2 is 2.22 bits per heavy atom. The number of hydrogen-bond donors (Lipinski definition) is 2. The molecular formula is C10H7N3O4S. The SMILES string of the molecule is O=C(Nc1cnccc1O)c1ccc([N+](=O)[O-])s1. The van der Waals surface area contributed by atoms with Crippen molar-refractivity contribution in [2.45, 2.75) is 0 Å². The monoisotopic (exact) mass is 265 g/mol. The van der Waals surface area contributed by atoms with Gasteiger partial charge in [0.2, 0.25) is 0 Å². The molecule has 0 aliphatic heterocycles. The van der Waals surface area contributed by atoms with Crippen molar-refractivity contribution < 1.29 is 14.8 Å². The van der Waals surface area contributed by atoms with Gasteiger partial charge < -0.3 is 10.4 Å². The van der Waals surface area contributed by atoms with E-state index in [0.717, 1.165) is 11.3 Å². The van der Waals surface area contributed by atoms with Crippen molar-refractivity contribution >= 4 is 27.9 Å². The molecule has 0 atom stereocenters. The van der Waals surface area contributed by atoms with Gasteiger partial charge in [-0.15, -0.1) is 0 Å². The molecule has 2 aromatic heterocycles. The van der Waals surface area contributed by atoms with Gasteiger partial charge in [-0.05, 0) is 6.07 Å². The van der Waals surface area contributed by atoms with Crippen LogP contribution in [0.2, 0.25) is 0 Å².